The van der Waals surface area contributed by atoms with Gasteiger partial charge in [-0.2, -0.15) is 0 Å². The quantitative estimate of drug-likeness (QED) is 0.543. The van der Waals surface area contributed by atoms with Gasteiger partial charge in [0.1, 0.15) is 5.75 Å². The third-order valence-electron chi connectivity index (χ3n) is 2.41. The van der Waals surface area contributed by atoms with Gasteiger partial charge in [-0.25, -0.2) is 0 Å². The maximum atomic E-state index is 5.23. The smallest absolute Gasteiger partial charge is 0.122 e. The maximum absolute atomic E-state index is 5.23. The van der Waals surface area contributed by atoms with Crippen LogP contribution in [0, 0.1) is 26.2 Å². The second kappa shape index (κ2) is 5.21. The summed E-state index contributed by atoms with van der Waals surface area (Å²) in [6.45, 7) is 4.51. The lowest BCUT2D eigenvalue weighted by Crippen LogP contribution is -1.95. The van der Waals surface area contributed by atoms with E-state index in [1.54, 1.807) is 7.11 Å². The van der Waals surface area contributed by atoms with Crippen molar-refractivity contribution in [3.63, 3.8) is 0 Å². The molecule has 1 aromatic rings. The van der Waals surface area contributed by atoms with Crippen molar-refractivity contribution in [3.8, 4) is 18.1 Å². The Hall–Kier alpha value is -1.75. The van der Waals surface area contributed by atoms with Gasteiger partial charge in [-0.1, -0.05) is 5.92 Å². The molecule has 0 fully saturated rings. The second-order valence-electron chi connectivity index (χ2n) is 3.28. The molecule has 0 saturated carbocycles. The normalized spacial score (nSPS) is 10.3. The van der Waals surface area contributed by atoms with Crippen molar-refractivity contribution in [2.24, 2.45) is 4.99 Å². The summed E-state index contributed by atoms with van der Waals surface area (Å²) in [6, 6.07) is 3.93. The van der Waals surface area contributed by atoms with Gasteiger partial charge in [0, 0.05) is 6.21 Å². The number of nitrogens with zero attached hydrogens (tertiary/aromatic N) is 1. The van der Waals surface area contributed by atoms with Crippen LogP contribution in [-0.4, -0.2) is 19.9 Å². The molecule has 0 spiro atoms. The fourth-order valence-corrected chi connectivity index (χ4v) is 1.37. The first-order chi connectivity index (χ1) is 7.20. The van der Waals surface area contributed by atoms with Crippen molar-refractivity contribution < 1.29 is 4.74 Å². The topological polar surface area (TPSA) is 21.6 Å². The number of hydrogen-bond acceptors (Lipinski definition) is 2. The molecule has 0 amide bonds. The van der Waals surface area contributed by atoms with Gasteiger partial charge in [-0.3, -0.25) is 4.99 Å². The molecule has 0 atom stereocenters. The Kier molecular flexibility index (Phi) is 3.93. The van der Waals surface area contributed by atoms with Crippen molar-refractivity contribution in [1.82, 2.24) is 0 Å². The molecule has 0 bridgehead atoms. The molecule has 0 unspecified atom stereocenters. The van der Waals surface area contributed by atoms with Crippen molar-refractivity contribution in [2.75, 3.05) is 13.7 Å². The minimum Gasteiger partial charge on any atom is -0.496 e. The average molecular weight is 201 g/mol. The highest BCUT2D eigenvalue weighted by molar-refractivity contribution is 5.82. The van der Waals surface area contributed by atoms with Gasteiger partial charge >= 0.3 is 0 Å². The Morgan fingerprint density at radius 2 is 2.13 bits per heavy atom. The molecule has 78 valence electrons. The Balaban J connectivity index is 3.02. The molecule has 0 aliphatic rings. The molecule has 0 aromatic heterocycles. The highest BCUT2D eigenvalue weighted by atomic mass is 16.5. The maximum Gasteiger partial charge on any atom is 0.122 e. The monoisotopic (exact) mass is 201 g/mol. The van der Waals surface area contributed by atoms with Crippen LogP contribution in [0.1, 0.15) is 16.7 Å². The number of hydrogen-bond donors (Lipinski definition) is 0. The van der Waals surface area contributed by atoms with E-state index >= 15 is 0 Å². The molecule has 0 aliphatic carbocycles. The van der Waals surface area contributed by atoms with E-state index < -0.39 is 0 Å². The second-order valence-corrected chi connectivity index (χ2v) is 3.28. The van der Waals surface area contributed by atoms with Crippen molar-refractivity contribution in [3.05, 3.63) is 28.8 Å². The van der Waals surface area contributed by atoms with Crippen LogP contribution < -0.4 is 4.74 Å². The number of rotatable bonds is 3. The molecular weight excluding hydrogens is 186 g/mol. The minimum absolute atomic E-state index is 0.421. The van der Waals surface area contributed by atoms with Gasteiger partial charge in [-0.05, 0) is 42.7 Å². The summed E-state index contributed by atoms with van der Waals surface area (Å²) in [5, 5.41) is 0. The van der Waals surface area contributed by atoms with Gasteiger partial charge in [0.25, 0.3) is 0 Å². The van der Waals surface area contributed by atoms with Crippen molar-refractivity contribution in [2.45, 2.75) is 13.8 Å². The fourth-order valence-electron chi connectivity index (χ4n) is 1.37. The number of terminal acetylenes is 1. The lowest BCUT2D eigenvalue weighted by Gasteiger charge is -2.09. The van der Waals surface area contributed by atoms with Gasteiger partial charge < -0.3 is 4.74 Å². The average Bonchev–Trinajstić information content (AvgIpc) is 2.25. The van der Waals surface area contributed by atoms with E-state index in [4.69, 9.17) is 11.2 Å². The summed E-state index contributed by atoms with van der Waals surface area (Å²) in [4.78, 5) is 4.12. The van der Waals surface area contributed by atoms with E-state index in [-0.39, 0.29) is 0 Å². The molecule has 0 saturated heterocycles. The molecule has 0 aliphatic heterocycles. The Bertz CT molecular complexity index is 413. The fraction of sp³-hybridized carbons (Fsp3) is 0.308. The Labute approximate surface area is 91.0 Å². The van der Waals surface area contributed by atoms with Crippen LogP contribution in [0.2, 0.25) is 0 Å². The largest absolute Gasteiger partial charge is 0.496 e. The number of aliphatic imine (C=N–C) groups is 1. The van der Waals surface area contributed by atoms with E-state index in [2.05, 4.69) is 17.8 Å². The SMILES string of the molecule is C#CCN=Cc1ccc(OC)c(C)c1C. The molecule has 1 rings (SSSR count). The summed E-state index contributed by atoms with van der Waals surface area (Å²) in [7, 11) is 1.67. The van der Waals surface area contributed by atoms with Crippen LogP contribution in [0.5, 0.6) is 5.75 Å². The van der Waals surface area contributed by atoms with E-state index in [9.17, 15) is 0 Å². The van der Waals surface area contributed by atoms with E-state index in [0.29, 0.717) is 6.54 Å². The number of benzene rings is 1. The third-order valence-corrected chi connectivity index (χ3v) is 2.41. The Morgan fingerprint density at radius 3 is 2.73 bits per heavy atom. The van der Waals surface area contributed by atoms with Crippen LogP contribution in [0.25, 0.3) is 0 Å². The lowest BCUT2D eigenvalue weighted by molar-refractivity contribution is 0.411. The first kappa shape index (κ1) is 11.3. The zero-order valence-electron chi connectivity index (χ0n) is 9.37. The number of ether oxygens (including phenoxy) is 1. The van der Waals surface area contributed by atoms with Gasteiger partial charge in [-0.15, -0.1) is 6.42 Å². The van der Waals surface area contributed by atoms with Crippen LogP contribution >= 0.6 is 0 Å². The highest BCUT2D eigenvalue weighted by Gasteiger charge is 2.04. The summed E-state index contributed by atoms with van der Waals surface area (Å²) in [5.74, 6) is 3.38. The van der Waals surface area contributed by atoms with E-state index in [1.807, 2.05) is 25.3 Å². The van der Waals surface area contributed by atoms with Crippen LogP contribution in [0.4, 0.5) is 0 Å². The molecule has 2 heteroatoms. The third kappa shape index (κ3) is 2.60. The van der Waals surface area contributed by atoms with Crippen LogP contribution in [0.15, 0.2) is 17.1 Å². The van der Waals surface area contributed by atoms with Crippen molar-refractivity contribution >= 4 is 6.21 Å². The van der Waals surface area contributed by atoms with Crippen LogP contribution in [0.3, 0.4) is 0 Å². The lowest BCUT2D eigenvalue weighted by atomic mass is 10.0. The summed E-state index contributed by atoms with van der Waals surface area (Å²) in [6.07, 6.45) is 6.93. The van der Waals surface area contributed by atoms with Gasteiger partial charge in [0.05, 0.1) is 13.7 Å². The summed E-state index contributed by atoms with van der Waals surface area (Å²) < 4.78 is 5.23. The minimum atomic E-state index is 0.421. The molecule has 0 heterocycles. The Morgan fingerprint density at radius 1 is 1.40 bits per heavy atom. The van der Waals surface area contributed by atoms with Crippen molar-refractivity contribution in [1.29, 1.82) is 0 Å². The zero-order valence-corrected chi connectivity index (χ0v) is 9.37. The molecule has 0 N–H and O–H groups in total. The standard InChI is InChI=1S/C13H15NO/c1-5-8-14-9-12-6-7-13(15-4)11(3)10(12)2/h1,6-7,9H,8H2,2-4H3. The molecule has 1 aromatic carbocycles. The molecular formula is C13H15NO. The first-order valence-electron chi connectivity index (χ1n) is 4.78. The first-order valence-corrected chi connectivity index (χ1v) is 4.78. The van der Waals surface area contributed by atoms with E-state index in [0.717, 1.165) is 16.9 Å². The molecule has 0 radical (unpaired) electrons. The summed E-state index contributed by atoms with van der Waals surface area (Å²) in [5.41, 5.74) is 3.40. The highest BCUT2D eigenvalue weighted by Crippen LogP contribution is 2.22. The summed E-state index contributed by atoms with van der Waals surface area (Å²) >= 11 is 0. The predicted octanol–water partition coefficient (Wildman–Crippen LogP) is 2.36. The molecule has 15 heavy (non-hydrogen) atoms. The number of methoxy groups -OCH3 is 1. The van der Waals surface area contributed by atoms with Gasteiger partial charge in [0.2, 0.25) is 0 Å². The van der Waals surface area contributed by atoms with Gasteiger partial charge in [0.15, 0.2) is 0 Å². The van der Waals surface area contributed by atoms with Crippen LogP contribution in [-0.2, 0) is 0 Å². The predicted molar refractivity (Wildman–Crippen MR) is 63.8 cm³/mol. The van der Waals surface area contributed by atoms with E-state index in [1.165, 1.54) is 5.56 Å². The zero-order chi connectivity index (χ0) is 11.3. The molecule has 2 nitrogen and oxygen atoms in total.